The Balaban J connectivity index is 1.53. The molecule has 1 aliphatic heterocycles. The van der Waals surface area contributed by atoms with E-state index in [2.05, 4.69) is 20.8 Å². The second kappa shape index (κ2) is 7.91. The normalized spacial score (nSPS) is 17.2. The lowest BCUT2D eigenvalue weighted by atomic mass is 10.2. The summed E-state index contributed by atoms with van der Waals surface area (Å²) in [5.74, 6) is -0.625. The fraction of sp³-hybridized carbons (Fsp3) is 0.429. The number of nitrogens with one attached hydrogen (secondary N) is 1. The molecule has 7 nitrogen and oxygen atoms in total. The molecule has 1 N–H and O–H groups in total. The molecule has 0 saturated carbocycles. The van der Waals surface area contributed by atoms with E-state index in [4.69, 9.17) is 16.3 Å². The van der Waals surface area contributed by atoms with Gasteiger partial charge in [0.1, 0.15) is 5.82 Å². The van der Waals surface area contributed by atoms with Crippen LogP contribution in [0.1, 0.15) is 12.8 Å². The maximum absolute atomic E-state index is 13.0. The van der Waals surface area contributed by atoms with E-state index >= 15 is 0 Å². The van der Waals surface area contributed by atoms with Gasteiger partial charge in [-0.1, -0.05) is 23.4 Å². The number of aromatic nitrogens is 4. The molecule has 0 spiro atoms. The highest BCUT2D eigenvalue weighted by molar-refractivity contribution is 7.99. The molecular formula is C14H15ClFN5O2S. The van der Waals surface area contributed by atoms with Crippen molar-refractivity contribution in [3.63, 3.8) is 0 Å². The fourth-order valence-corrected chi connectivity index (χ4v) is 3.20. The molecule has 1 aliphatic rings. The van der Waals surface area contributed by atoms with Crippen molar-refractivity contribution >= 4 is 35.0 Å². The molecule has 10 heteroatoms. The number of carbonyl (C=O) groups excluding carboxylic acids is 1. The van der Waals surface area contributed by atoms with Crippen LogP contribution in [0.15, 0.2) is 23.4 Å². The van der Waals surface area contributed by atoms with Crippen molar-refractivity contribution in [1.29, 1.82) is 0 Å². The third-order valence-electron chi connectivity index (χ3n) is 3.44. The first kappa shape index (κ1) is 17.1. The minimum atomic E-state index is -0.458. The Labute approximate surface area is 146 Å². The Morgan fingerprint density at radius 3 is 3.17 bits per heavy atom. The molecule has 1 fully saturated rings. The maximum Gasteiger partial charge on any atom is 0.234 e. The monoisotopic (exact) mass is 371 g/mol. The zero-order chi connectivity index (χ0) is 16.9. The summed E-state index contributed by atoms with van der Waals surface area (Å²) in [7, 11) is 0. The highest BCUT2D eigenvalue weighted by Crippen LogP contribution is 2.23. The number of anilines is 1. The molecule has 1 saturated heterocycles. The van der Waals surface area contributed by atoms with Crippen molar-refractivity contribution < 1.29 is 13.9 Å². The number of amides is 1. The zero-order valence-corrected chi connectivity index (χ0v) is 14.2. The molecule has 1 atom stereocenters. The van der Waals surface area contributed by atoms with E-state index in [0.29, 0.717) is 17.4 Å². The Hall–Kier alpha value is -1.71. The summed E-state index contributed by atoms with van der Waals surface area (Å²) in [6.07, 6.45) is 2.13. The van der Waals surface area contributed by atoms with Gasteiger partial charge in [0, 0.05) is 6.61 Å². The Morgan fingerprint density at radius 2 is 2.42 bits per heavy atom. The number of ether oxygens (including phenoxy) is 1. The largest absolute Gasteiger partial charge is 0.376 e. The molecule has 1 aromatic carbocycles. The smallest absolute Gasteiger partial charge is 0.234 e. The Bertz CT molecular complexity index is 723. The molecule has 2 aromatic rings. The van der Waals surface area contributed by atoms with Crippen molar-refractivity contribution in [2.75, 3.05) is 17.7 Å². The molecule has 1 aromatic heterocycles. The number of halogens is 2. The van der Waals surface area contributed by atoms with E-state index in [0.717, 1.165) is 25.5 Å². The van der Waals surface area contributed by atoms with Gasteiger partial charge in [-0.2, -0.15) is 0 Å². The van der Waals surface area contributed by atoms with Crippen molar-refractivity contribution in [3.8, 4) is 0 Å². The van der Waals surface area contributed by atoms with Crippen molar-refractivity contribution in [1.82, 2.24) is 20.2 Å². The molecule has 128 valence electrons. The molecule has 24 heavy (non-hydrogen) atoms. The van der Waals surface area contributed by atoms with E-state index < -0.39 is 5.82 Å². The first-order valence-electron chi connectivity index (χ1n) is 7.37. The third kappa shape index (κ3) is 4.43. The van der Waals surface area contributed by atoms with Crippen LogP contribution in [0, 0.1) is 5.82 Å². The topological polar surface area (TPSA) is 81.9 Å². The number of tetrazole rings is 1. The molecule has 2 heterocycles. The van der Waals surface area contributed by atoms with Gasteiger partial charge in [-0.15, -0.1) is 5.10 Å². The number of rotatable bonds is 6. The second-order valence-corrected chi connectivity index (χ2v) is 6.59. The van der Waals surface area contributed by atoms with Crippen LogP contribution in [-0.4, -0.2) is 44.6 Å². The van der Waals surface area contributed by atoms with E-state index in [-0.39, 0.29) is 22.8 Å². The van der Waals surface area contributed by atoms with Crippen LogP contribution in [0.25, 0.3) is 0 Å². The predicted octanol–water partition coefficient (Wildman–Crippen LogP) is 2.38. The number of thioether (sulfide) groups is 1. The minimum Gasteiger partial charge on any atom is -0.376 e. The van der Waals surface area contributed by atoms with Gasteiger partial charge in [-0.3, -0.25) is 4.79 Å². The van der Waals surface area contributed by atoms with Crippen LogP contribution >= 0.6 is 23.4 Å². The molecule has 0 aliphatic carbocycles. The van der Waals surface area contributed by atoms with Gasteiger partial charge in [0.15, 0.2) is 0 Å². The predicted molar refractivity (Wildman–Crippen MR) is 87.6 cm³/mol. The van der Waals surface area contributed by atoms with Gasteiger partial charge >= 0.3 is 0 Å². The van der Waals surface area contributed by atoms with Gasteiger partial charge < -0.3 is 10.1 Å². The highest BCUT2D eigenvalue weighted by atomic mass is 35.5. The van der Waals surface area contributed by atoms with Crippen molar-refractivity contribution in [2.24, 2.45) is 0 Å². The van der Waals surface area contributed by atoms with Gasteiger partial charge in [-0.05, 0) is 41.5 Å². The summed E-state index contributed by atoms with van der Waals surface area (Å²) < 4.78 is 20.2. The molecule has 1 unspecified atom stereocenters. The minimum absolute atomic E-state index is 0.111. The first-order chi connectivity index (χ1) is 11.6. The number of hydrogen-bond acceptors (Lipinski definition) is 6. The summed E-state index contributed by atoms with van der Waals surface area (Å²) in [4.78, 5) is 12.0. The SMILES string of the molecule is O=C(CSc1nnnn1CC1CCCO1)Nc1ccc(F)cc1Cl. The van der Waals surface area contributed by atoms with Gasteiger partial charge in [0.2, 0.25) is 11.1 Å². The molecular weight excluding hydrogens is 357 g/mol. The average molecular weight is 372 g/mol. The fourth-order valence-electron chi connectivity index (χ4n) is 2.30. The summed E-state index contributed by atoms with van der Waals surface area (Å²) in [5, 5.41) is 14.8. The number of carbonyl (C=O) groups is 1. The first-order valence-corrected chi connectivity index (χ1v) is 8.73. The van der Waals surface area contributed by atoms with Crippen molar-refractivity contribution in [3.05, 3.63) is 29.0 Å². The van der Waals surface area contributed by atoms with E-state index in [1.54, 1.807) is 4.68 Å². The standard InChI is InChI=1S/C14H15ClFN5O2S/c15-11-6-9(16)3-4-12(11)17-13(22)8-24-14-18-19-20-21(14)7-10-2-1-5-23-10/h3-4,6,10H,1-2,5,7-8H2,(H,17,22). The summed E-state index contributed by atoms with van der Waals surface area (Å²) in [6, 6.07) is 3.80. The van der Waals surface area contributed by atoms with E-state index in [1.165, 1.54) is 23.9 Å². The van der Waals surface area contributed by atoms with Gasteiger partial charge in [-0.25, -0.2) is 9.07 Å². The van der Waals surface area contributed by atoms with E-state index in [9.17, 15) is 9.18 Å². The lowest BCUT2D eigenvalue weighted by molar-refractivity contribution is -0.113. The summed E-state index contributed by atoms with van der Waals surface area (Å²) >= 11 is 7.10. The van der Waals surface area contributed by atoms with Crippen LogP contribution < -0.4 is 5.32 Å². The molecule has 3 rings (SSSR count). The number of hydrogen-bond donors (Lipinski definition) is 1. The van der Waals surface area contributed by atoms with Crippen LogP contribution in [0.3, 0.4) is 0 Å². The number of benzene rings is 1. The second-order valence-electron chi connectivity index (χ2n) is 5.24. The maximum atomic E-state index is 13.0. The van der Waals surface area contributed by atoms with Crippen LogP contribution in [0.5, 0.6) is 0 Å². The highest BCUT2D eigenvalue weighted by Gasteiger charge is 2.19. The van der Waals surface area contributed by atoms with Crippen LogP contribution in [0.2, 0.25) is 5.02 Å². The van der Waals surface area contributed by atoms with Gasteiger partial charge in [0.25, 0.3) is 0 Å². The van der Waals surface area contributed by atoms with Crippen molar-refractivity contribution in [2.45, 2.75) is 30.6 Å². The van der Waals surface area contributed by atoms with Crippen LogP contribution in [-0.2, 0) is 16.1 Å². The lowest BCUT2D eigenvalue weighted by Crippen LogP contribution is -2.18. The Morgan fingerprint density at radius 1 is 1.54 bits per heavy atom. The summed E-state index contributed by atoms with van der Waals surface area (Å²) in [5.41, 5.74) is 0.364. The molecule has 0 bridgehead atoms. The van der Waals surface area contributed by atoms with E-state index in [1.807, 2.05) is 0 Å². The third-order valence-corrected chi connectivity index (χ3v) is 4.71. The quantitative estimate of drug-likeness (QED) is 0.785. The molecule has 0 radical (unpaired) electrons. The average Bonchev–Trinajstić information content (AvgIpc) is 3.20. The number of nitrogens with zero attached hydrogens (tertiary/aromatic N) is 4. The van der Waals surface area contributed by atoms with Gasteiger partial charge in [0.05, 0.1) is 29.1 Å². The summed E-state index contributed by atoms with van der Waals surface area (Å²) in [6.45, 7) is 1.33. The van der Waals surface area contributed by atoms with Crippen LogP contribution in [0.4, 0.5) is 10.1 Å². The Kier molecular flexibility index (Phi) is 5.64. The lowest BCUT2D eigenvalue weighted by Gasteiger charge is -2.10. The zero-order valence-electron chi connectivity index (χ0n) is 12.6. The molecule has 1 amide bonds.